The van der Waals surface area contributed by atoms with E-state index in [1.807, 2.05) is 12.1 Å². The minimum atomic E-state index is -1.82. The highest BCUT2D eigenvalue weighted by atomic mass is 32.2. The van der Waals surface area contributed by atoms with Crippen LogP contribution >= 0.6 is 0 Å². The Morgan fingerprint density at radius 1 is 0.800 bits per heavy atom. The molecule has 0 amide bonds. The highest BCUT2D eigenvalue weighted by Crippen LogP contribution is 2.36. The molecule has 0 spiro atoms. The normalized spacial score (nSPS) is 13.4. The average Bonchev–Trinajstić information content (AvgIpc) is 2.46. The molecule has 1 atom stereocenters. The van der Waals surface area contributed by atoms with Gasteiger partial charge in [-0.25, -0.2) is 4.21 Å². The van der Waals surface area contributed by atoms with Crippen molar-refractivity contribution in [2.75, 3.05) is 0 Å². The van der Waals surface area contributed by atoms with Crippen molar-refractivity contribution in [2.45, 2.75) is 5.75 Å². The molecular formula is C17H12O2S. The van der Waals surface area contributed by atoms with E-state index in [0.717, 1.165) is 10.9 Å². The third-order valence-corrected chi connectivity index (χ3v) is 4.46. The second-order valence-corrected chi connectivity index (χ2v) is 5.98. The van der Waals surface area contributed by atoms with Gasteiger partial charge in [0.2, 0.25) is 0 Å². The molecule has 2 nitrogen and oxygen atoms in total. The molecule has 0 aromatic heterocycles. The summed E-state index contributed by atoms with van der Waals surface area (Å²) >= 11 is -1.82. The first kappa shape index (κ1) is 11.8. The third kappa shape index (κ3) is 1.64. The van der Waals surface area contributed by atoms with Crippen molar-refractivity contribution in [1.29, 1.82) is 0 Å². The minimum Gasteiger partial charge on any atom is -0.306 e. The zero-order valence-electron chi connectivity index (χ0n) is 10.7. The monoisotopic (exact) mass is 280 g/mol. The molecule has 0 saturated heterocycles. The van der Waals surface area contributed by atoms with E-state index in [1.165, 1.54) is 26.9 Å². The second-order valence-electron chi connectivity index (χ2n) is 5.05. The largest absolute Gasteiger partial charge is 0.306 e. The number of benzene rings is 4. The van der Waals surface area contributed by atoms with E-state index in [2.05, 4.69) is 42.5 Å². The first-order chi connectivity index (χ1) is 9.74. The van der Waals surface area contributed by atoms with Crippen molar-refractivity contribution < 1.29 is 8.76 Å². The molecule has 20 heavy (non-hydrogen) atoms. The average molecular weight is 280 g/mol. The van der Waals surface area contributed by atoms with Gasteiger partial charge in [-0.3, -0.25) is 0 Å². The Morgan fingerprint density at radius 2 is 1.40 bits per heavy atom. The van der Waals surface area contributed by atoms with Crippen LogP contribution in [0.4, 0.5) is 0 Å². The van der Waals surface area contributed by atoms with Crippen LogP contribution in [0.3, 0.4) is 0 Å². The molecule has 1 unspecified atom stereocenters. The second kappa shape index (κ2) is 4.27. The van der Waals surface area contributed by atoms with Gasteiger partial charge in [-0.05, 0) is 37.9 Å². The van der Waals surface area contributed by atoms with Crippen molar-refractivity contribution in [3.05, 3.63) is 60.2 Å². The molecule has 0 saturated carbocycles. The first-order valence-corrected chi connectivity index (χ1v) is 7.74. The summed E-state index contributed by atoms with van der Waals surface area (Å²) in [6.45, 7) is 0. The summed E-state index contributed by atoms with van der Waals surface area (Å²) in [5.74, 6) is 0.175. The van der Waals surface area contributed by atoms with Crippen LogP contribution in [-0.4, -0.2) is 8.76 Å². The maximum atomic E-state index is 11.1. The Balaban J connectivity index is 2.23. The van der Waals surface area contributed by atoms with Crippen LogP contribution in [0.1, 0.15) is 5.56 Å². The van der Waals surface area contributed by atoms with Gasteiger partial charge >= 0.3 is 0 Å². The van der Waals surface area contributed by atoms with Gasteiger partial charge in [0.05, 0.1) is 5.75 Å². The Labute approximate surface area is 118 Å². The van der Waals surface area contributed by atoms with Crippen LogP contribution in [-0.2, 0) is 16.8 Å². The van der Waals surface area contributed by atoms with Crippen molar-refractivity contribution in [3.63, 3.8) is 0 Å². The van der Waals surface area contributed by atoms with Crippen LogP contribution < -0.4 is 0 Å². The quantitative estimate of drug-likeness (QED) is 0.439. The Morgan fingerprint density at radius 3 is 2.10 bits per heavy atom. The SMILES string of the molecule is O=S(O)Cc1ccc2ccc3cccc4ccc1c2c34. The summed E-state index contributed by atoms with van der Waals surface area (Å²) in [7, 11) is 0. The maximum absolute atomic E-state index is 11.1. The van der Waals surface area contributed by atoms with Crippen molar-refractivity contribution in [1.82, 2.24) is 0 Å². The van der Waals surface area contributed by atoms with Gasteiger partial charge in [0, 0.05) is 0 Å². The molecule has 3 heteroatoms. The molecule has 98 valence electrons. The number of hydrogen-bond acceptors (Lipinski definition) is 1. The molecule has 0 radical (unpaired) electrons. The highest BCUT2D eigenvalue weighted by Gasteiger charge is 2.11. The van der Waals surface area contributed by atoms with Gasteiger partial charge < -0.3 is 4.55 Å². The van der Waals surface area contributed by atoms with Gasteiger partial charge in [0.15, 0.2) is 11.1 Å². The standard InChI is InChI=1S/C17H12O2S/c18-20(19)10-14-7-6-13-5-4-11-2-1-3-12-8-9-15(14)17(13)16(11)12/h1-9H,10H2,(H,18,19). The molecule has 0 aliphatic rings. The lowest BCUT2D eigenvalue weighted by atomic mass is 9.92. The van der Waals surface area contributed by atoms with E-state index in [4.69, 9.17) is 0 Å². The Bertz CT molecular complexity index is 943. The maximum Gasteiger partial charge on any atom is 0.157 e. The minimum absolute atomic E-state index is 0.175. The fraction of sp³-hybridized carbons (Fsp3) is 0.0588. The van der Waals surface area contributed by atoms with Crippen molar-refractivity contribution in [2.24, 2.45) is 0 Å². The van der Waals surface area contributed by atoms with Crippen molar-refractivity contribution in [3.8, 4) is 0 Å². The zero-order valence-corrected chi connectivity index (χ0v) is 11.5. The summed E-state index contributed by atoms with van der Waals surface area (Å²) < 4.78 is 20.3. The molecule has 1 N–H and O–H groups in total. The highest BCUT2D eigenvalue weighted by molar-refractivity contribution is 7.78. The summed E-state index contributed by atoms with van der Waals surface area (Å²) in [6, 6.07) is 18.7. The first-order valence-electron chi connectivity index (χ1n) is 6.47. The smallest absolute Gasteiger partial charge is 0.157 e. The third-order valence-electron chi connectivity index (χ3n) is 3.90. The summed E-state index contributed by atoms with van der Waals surface area (Å²) in [5.41, 5.74) is 0.927. The summed E-state index contributed by atoms with van der Waals surface area (Å²) in [5, 5.41) is 7.12. The Hall–Kier alpha value is -1.97. The van der Waals surface area contributed by atoms with Crippen LogP contribution in [0.2, 0.25) is 0 Å². The molecular weight excluding hydrogens is 268 g/mol. The van der Waals surface area contributed by atoms with Gasteiger partial charge in [0.25, 0.3) is 0 Å². The molecule has 0 aliphatic heterocycles. The van der Waals surface area contributed by atoms with Gasteiger partial charge in [0.1, 0.15) is 0 Å². The summed E-state index contributed by atoms with van der Waals surface area (Å²) in [4.78, 5) is 0. The molecule has 4 aromatic carbocycles. The van der Waals surface area contributed by atoms with E-state index in [9.17, 15) is 8.76 Å². The molecule has 0 bridgehead atoms. The molecule has 4 rings (SSSR count). The lowest BCUT2D eigenvalue weighted by Crippen LogP contribution is -1.95. The fourth-order valence-electron chi connectivity index (χ4n) is 3.05. The lowest BCUT2D eigenvalue weighted by molar-refractivity contribution is 0.563. The number of rotatable bonds is 2. The Kier molecular flexibility index (Phi) is 2.52. The lowest BCUT2D eigenvalue weighted by Gasteiger charge is -2.13. The van der Waals surface area contributed by atoms with E-state index < -0.39 is 11.1 Å². The molecule has 0 fully saturated rings. The van der Waals surface area contributed by atoms with Crippen LogP contribution in [0.15, 0.2) is 54.6 Å². The summed E-state index contributed by atoms with van der Waals surface area (Å²) in [6.07, 6.45) is 0. The number of hydrogen-bond donors (Lipinski definition) is 1. The zero-order chi connectivity index (χ0) is 13.7. The van der Waals surface area contributed by atoms with E-state index in [1.54, 1.807) is 0 Å². The predicted octanol–water partition coefficient (Wildman–Crippen LogP) is 4.31. The van der Waals surface area contributed by atoms with E-state index >= 15 is 0 Å². The van der Waals surface area contributed by atoms with Crippen LogP contribution in [0, 0.1) is 0 Å². The molecule has 0 heterocycles. The van der Waals surface area contributed by atoms with Crippen LogP contribution in [0.25, 0.3) is 32.3 Å². The molecule has 0 aliphatic carbocycles. The van der Waals surface area contributed by atoms with Crippen molar-refractivity contribution >= 4 is 43.4 Å². The van der Waals surface area contributed by atoms with Gasteiger partial charge in [-0.2, -0.15) is 0 Å². The molecule has 4 aromatic rings. The van der Waals surface area contributed by atoms with E-state index in [0.29, 0.717) is 0 Å². The predicted molar refractivity (Wildman–Crippen MR) is 84.6 cm³/mol. The van der Waals surface area contributed by atoms with E-state index in [-0.39, 0.29) is 5.75 Å². The van der Waals surface area contributed by atoms with Gasteiger partial charge in [-0.15, -0.1) is 0 Å². The fourth-order valence-corrected chi connectivity index (χ4v) is 3.57. The topological polar surface area (TPSA) is 37.3 Å². The van der Waals surface area contributed by atoms with Crippen LogP contribution in [0.5, 0.6) is 0 Å². The van der Waals surface area contributed by atoms with Gasteiger partial charge in [-0.1, -0.05) is 54.6 Å².